The zero-order chi connectivity index (χ0) is 8.97. The first-order chi connectivity index (χ1) is 5.70. The molecule has 1 heterocycles. The number of aryl methyl sites for hydroxylation is 1. The summed E-state index contributed by atoms with van der Waals surface area (Å²) in [6, 6.07) is 0. The lowest BCUT2D eigenvalue weighted by Crippen LogP contribution is -2.24. The minimum atomic E-state index is 0.00719. The molecular weight excluding hydrogens is 154 g/mol. The molecule has 0 unspecified atom stereocenters. The molecule has 0 saturated carbocycles. The number of hydrogen-bond acceptors (Lipinski definition) is 2. The number of imidazole rings is 1. The lowest BCUT2D eigenvalue weighted by Gasteiger charge is -2.04. The number of hydrogen-bond donors (Lipinski definition) is 1. The Kier molecular flexibility index (Phi) is 2.85. The van der Waals surface area contributed by atoms with Crippen LogP contribution in [0.15, 0.2) is 12.4 Å². The molecule has 0 aliphatic heterocycles. The summed E-state index contributed by atoms with van der Waals surface area (Å²) in [6.45, 7) is 4.90. The van der Waals surface area contributed by atoms with E-state index in [9.17, 15) is 4.79 Å². The van der Waals surface area contributed by atoms with Crippen molar-refractivity contribution in [2.24, 2.45) is 0 Å². The van der Waals surface area contributed by atoms with Crippen LogP contribution in [0.25, 0.3) is 0 Å². The monoisotopic (exact) mass is 167 g/mol. The molecular formula is C8H13N3O. The van der Waals surface area contributed by atoms with Crippen molar-refractivity contribution >= 4 is 5.91 Å². The molecule has 4 heteroatoms. The van der Waals surface area contributed by atoms with E-state index >= 15 is 0 Å². The minimum Gasteiger partial charge on any atom is -0.355 e. The molecule has 0 fully saturated rings. The second-order valence-electron chi connectivity index (χ2n) is 2.65. The highest BCUT2D eigenvalue weighted by atomic mass is 16.1. The number of nitrogens with zero attached hydrogens (tertiary/aromatic N) is 2. The Morgan fingerprint density at radius 2 is 2.50 bits per heavy atom. The van der Waals surface area contributed by atoms with Gasteiger partial charge in [0.05, 0.1) is 0 Å². The quantitative estimate of drug-likeness (QED) is 0.705. The highest BCUT2D eigenvalue weighted by Crippen LogP contribution is 1.92. The van der Waals surface area contributed by atoms with E-state index in [1.807, 2.05) is 17.7 Å². The van der Waals surface area contributed by atoms with Gasteiger partial charge in [-0.3, -0.25) is 4.79 Å². The van der Waals surface area contributed by atoms with Crippen LogP contribution >= 0.6 is 0 Å². The molecule has 0 radical (unpaired) electrons. The van der Waals surface area contributed by atoms with E-state index in [4.69, 9.17) is 0 Å². The minimum absolute atomic E-state index is 0.00719. The third-order valence-electron chi connectivity index (χ3n) is 1.65. The molecule has 1 aromatic rings. The number of rotatable bonds is 3. The molecule has 1 rings (SSSR count). The number of nitrogens with one attached hydrogen (secondary N) is 1. The average molecular weight is 167 g/mol. The van der Waals surface area contributed by atoms with E-state index in [1.165, 1.54) is 6.92 Å². The Morgan fingerprint density at radius 3 is 3.00 bits per heavy atom. The van der Waals surface area contributed by atoms with Gasteiger partial charge in [0.15, 0.2) is 0 Å². The maximum atomic E-state index is 10.5. The van der Waals surface area contributed by atoms with Crippen LogP contribution in [0, 0.1) is 6.92 Å². The zero-order valence-electron chi connectivity index (χ0n) is 7.37. The summed E-state index contributed by atoms with van der Waals surface area (Å²) in [5, 5.41) is 2.72. The summed E-state index contributed by atoms with van der Waals surface area (Å²) >= 11 is 0. The molecule has 0 saturated heterocycles. The maximum Gasteiger partial charge on any atom is 0.216 e. The Bertz CT molecular complexity index is 267. The first-order valence-electron chi connectivity index (χ1n) is 3.92. The fourth-order valence-corrected chi connectivity index (χ4v) is 0.992. The van der Waals surface area contributed by atoms with E-state index in [0.29, 0.717) is 6.54 Å². The number of carbonyl (C=O) groups excluding carboxylic acids is 1. The van der Waals surface area contributed by atoms with Gasteiger partial charge in [-0.1, -0.05) is 0 Å². The van der Waals surface area contributed by atoms with Crippen LogP contribution < -0.4 is 5.32 Å². The Hall–Kier alpha value is -1.32. The molecule has 4 nitrogen and oxygen atoms in total. The summed E-state index contributed by atoms with van der Waals surface area (Å²) in [4.78, 5) is 14.6. The van der Waals surface area contributed by atoms with E-state index in [0.717, 1.165) is 12.4 Å². The largest absolute Gasteiger partial charge is 0.355 e. The third-order valence-corrected chi connectivity index (χ3v) is 1.65. The molecule has 12 heavy (non-hydrogen) atoms. The summed E-state index contributed by atoms with van der Waals surface area (Å²) in [5.74, 6) is 0.980. The van der Waals surface area contributed by atoms with Crippen LogP contribution in [0.1, 0.15) is 12.7 Å². The maximum absolute atomic E-state index is 10.5. The van der Waals surface area contributed by atoms with E-state index in [1.54, 1.807) is 6.20 Å². The van der Waals surface area contributed by atoms with Crippen molar-refractivity contribution < 1.29 is 4.79 Å². The molecule has 0 bridgehead atoms. The van der Waals surface area contributed by atoms with Gasteiger partial charge in [-0.05, 0) is 6.92 Å². The second kappa shape index (κ2) is 3.90. The molecule has 1 aromatic heterocycles. The molecule has 1 N–H and O–H groups in total. The highest BCUT2D eigenvalue weighted by Gasteiger charge is 1.95. The average Bonchev–Trinajstić information content (AvgIpc) is 2.36. The third kappa shape index (κ3) is 2.38. The molecule has 0 aliphatic rings. The number of carbonyl (C=O) groups is 1. The van der Waals surface area contributed by atoms with Gasteiger partial charge in [-0.15, -0.1) is 0 Å². The van der Waals surface area contributed by atoms with E-state index < -0.39 is 0 Å². The van der Waals surface area contributed by atoms with Crippen molar-refractivity contribution in [2.75, 3.05) is 6.54 Å². The molecule has 0 spiro atoms. The lowest BCUT2D eigenvalue weighted by molar-refractivity contribution is -0.118. The second-order valence-corrected chi connectivity index (χ2v) is 2.65. The molecule has 0 aromatic carbocycles. The predicted molar refractivity (Wildman–Crippen MR) is 45.6 cm³/mol. The normalized spacial score (nSPS) is 9.83. The summed E-state index contributed by atoms with van der Waals surface area (Å²) in [5.41, 5.74) is 0. The molecule has 0 aliphatic carbocycles. The topological polar surface area (TPSA) is 46.9 Å². The van der Waals surface area contributed by atoms with Crippen LogP contribution in [0.3, 0.4) is 0 Å². The fraction of sp³-hybridized carbons (Fsp3) is 0.500. The van der Waals surface area contributed by atoms with Crippen molar-refractivity contribution in [1.29, 1.82) is 0 Å². The standard InChI is InChI=1S/C8H13N3O/c1-7-9-3-5-11(7)6-4-10-8(2)12/h3,5H,4,6H2,1-2H3,(H,10,12). The van der Waals surface area contributed by atoms with Crippen molar-refractivity contribution in [1.82, 2.24) is 14.9 Å². The molecule has 66 valence electrons. The first-order valence-corrected chi connectivity index (χ1v) is 3.92. The lowest BCUT2D eigenvalue weighted by atomic mass is 10.5. The number of aromatic nitrogens is 2. The predicted octanol–water partition coefficient (Wildman–Crippen LogP) is 0.328. The van der Waals surface area contributed by atoms with E-state index in [-0.39, 0.29) is 5.91 Å². The summed E-state index contributed by atoms with van der Waals surface area (Å²) in [7, 11) is 0. The Morgan fingerprint density at radius 1 is 1.75 bits per heavy atom. The first kappa shape index (κ1) is 8.77. The van der Waals surface area contributed by atoms with Gasteiger partial charge in [0, 0.05) is 32.4 Å². The van der Waals surface area contributed by atoms with Gasteiger partial charge in [0.25, 0.3) is 0 Å². The van der Waals surface area contributed by atoms with Gasteiger partial charge < -0.3 is 9.88 Å². The molecule has 1 amide bonds. The van der Waals surface area contributed by atoms with Gasteiger partial charge in [0.1, 0.15) is 5.82 Å². The SMILES string of the molecule is CC(=O)NCCn1ccnc1C. The van der Waals surface area contributed by atoms with Crippen molar-refractivity contribution in [3.05, 3.63) is 18.2 Å². The van der Waals surface area contributed by atoms with Gasteiger partial charge in [-0.2, -0.15) is 0 Å². The van der Waals surface area contributed by atoms with Gasteiger partial charge >= 0.3 is 0 Å². The van der Waals surface area contributed by atoms with Crippen LogP contribution in [-0.2, 0) is 11.3 Å². The number of amides is 1. The summed E-state index contributed by atoms with van der Waals surface area (Å²) in [6.07, 6.45) is 3.65. The Labute approximate surface area is 71.6 Å². The smallest absolute Gasteiger partial charge is 0.216 e. The fourth-order valence-electron chi connectivity index (χ4n) is 0.992. The van der Waals surface area contributed by atoms with Gasteiger partial charge in [0.2, 0.25) is 5.91 Å². The van der Waals surface area contributed by atoms with Crippen LogP contribution in [0.2, 0.25) is 0 Å². The Balaban J connectivity index is 2.33. The van der Waals surface area contributed by atoms with Crippen LogP contribution in [0.4, 0.5) is 0 Å². The van der Waals surface area contributed by atoms with Gasteiger partial charge in [-0.25, -0.2) is 4.98 Å². The van der Waals surface area contributed by atoms with E-state index in [2.05, 4.69) is 10.3 Å². The summed E-state index contributed by atoms with van der Waals surface area (Å²) < 4.78 is 2.00. The van der Waals surface area contributed by atoms with Crippen molar-refractivity contribution in [2.45, 2.75) is 20.4 Å². The highest BCUT2D eigenvalue weighted by molar-refractivity contribution is 5.72. The zero-order valence-corrected chi connectivity index (χ0v) is 7.37. The van der Waals surface area contributed by atoms with Crippen LogP contribution in [0.5, 0.6) is 0 Å². The van der Waals surface area contributed by atoms with Crippen LogP contribution in [-0.4, -0.2) is 22.0 Å². The molecule has 0 atom stereocenters. The van der Waals surface area contributed by atoms with Crippen molar-refractivity contribution in [3.8, 4) is 0 Å². The van der Waals surface area contributed by atoms with Crippen molar-refractivity contribution in [3.63, 3.8) is 0 Å².